The summed E-state index contributed by atoms with van der Waals surface area (Å²) in [5.74, 6) is -2.50. The first-order valence-electron chi connectivity index (χ1n) is 11.6. The lowest BCUT2D eigenvalue weighted by Gasteiger charge is -2.24. The molecule has 36 heavy (non-hydrogen) atoms. The number of esters is 2. The highest BCUT2D eigenvalue weighted by Crippen LogP contribution is 2.17. The number of carbonyl (C=O) groups is 3. The summed E-state index contributed by atoms with van der Waals surface area (Å²) in [6.07, 6.45) is 0.714. The molecule has 3 aromatic carbocycles. The van der Waals surface area contributed by atoms with Crippen molar-refractivity contribution in [2.24, 2.45) is 5.92 Å². The van der Waals surface area contributed by atoms with Crippen LogP contribution in [-0.2, 0) is 43.6 Å². The van der Waals surface area contributed by atoms with Gasteiger partial charge in [-0.05, 0) is 23.1 Å². The maximum absolute atomic E-state index is 13.1. The number of rotatable bonds is 12. The maximum Gasteiger partial charge on any atom is 0.408 e. The number of allylic oxidation sites excluding steroid dienone is 1. The van der Waals surface area contributed by atoms with Crippen LogP contribution in [0.1, 0.15) is 23.1 Å². The molecule has 3 aromatic rings. The first-order chi connectivity index (χ1) is 17.6. The molecule has 0 aliphatic heterocycles. The molecule has 3 rings (SSSR count). The van der Waals surface area contributed by atoms with E-state index >= 15 is 0 Å². The Hall–Kier alpha value is -4.39. The van der Waals surface area contributed by atoms with Gasteiger partial charge in [0.2, 0.25) is 0 Å². The summed E-state index contributed by atoms with van der Waals surface area (Å²) in [5.41, 5.74) is 2.34. The van der Waals surface area contributed by atoms with Gasteiger partial charge in [0.25, 0.3) is 0 Å². The van der Waals surface area contributed by atoms with E-state index in [0.29, 0.717) is 0 Å². The molecule has 0 radical (unpaired) electrons. The number of nitrogens with one attached hydrogen (secondary N) is 1. The molecule has 1 amide bonds. The molecule has 0 heterocycles. The number of alkyl carbamates (subject to hydrolysis) is 1. The molecule has 7 nitrogen and oxygen atoms in total. The summed E-state index contributed by atoms with van der Waals surface area (Å²) in [6, 6.07) is 26.0. The van der Waals surface area contributed by atoms with Crippen molar-refractivity contribution in [2.45, 2.75) is 32.3 Å². The van der Waals surface area contributed by atoms with Crippen LogP contribution in [0.3, 0.4) is 0 Å². The zero-order chi connectivity index (χ0) is 25.6. The van der Waals surface area contributed by atoms with Crippen LogP contribution in [0.15, 0.2) is 104 Å². The van der Waals surface area contributed by atoms with Crippen molar-refractivity contribution in [3.05, 3.63) is 120 Å². The number of ether oxygens (including phenoxy) is 3. The van der Waals surface area contributed by atoms with Crippen LogP contribution in [0.2, 0.25) is 0 Å². The molecule has 0 fully saturated rings. The predicted octanol–water partition coefficient (Wildman–Crippen LogP) is 4.96. The molecule has 0 bridgehead atoms. The molecular formula is C29H29NO6. The minimum absolute atomic E-state index is 0.00301. The molecular weight excluding hydrogens is 458 g/mol. The van der Waals surface area contributed by atoms with Gasteiger partial charge in [-0.25, -0.2) is 9.59 Å². The van der Waals surface area contributed by atoms with Crippen molar-refractivity contribution in [1.29, 1.82) is 0 Å². The zero-order valence-corrected chi connectivity index (χ0v) is 19.9. The largest absolute Gasteiger partial charge is 0.461 e. The van der Waals surface area contributed by atoms with E-state index < -0.39 is 30.0 Å². The van der Waals surface area contributed by atoms with E-state index in [-0.39, 0.29) is 26.2 Å². The maximum atomic E-state index is 13.1. The van der Waals surface area contributed by atoms with Crippen LogP contribution in [0.25, 0.3) is 0 Å². The Kier molecular flexibility index (Phi) is 10.3. The van der Waals surface area contributed by atoms with E-state index in [0.717, 1.165) is 16.7 Å². The molecule has 0 spiro atoms. The minimum Gasteiger partial charge on any atom is -0.461 e. The lowest BCUT2D eigenvalue weighted by Crippen LogP contribution is -2.49. The van der Waals surface area contributed by atoms with Crippen LogP contribution in [0.4, 0.5) is 4.79 Å². The van der Waals surface area contributed by atoms with Gasteiger partial charge < -0.3 is 19.5 Å². The third kappa shape index (κ3) is 8.43. The summed E-state index contributed by atoms with van der Waals surface area (Å²) >= 11 is 0. The van der Waals surface area contributed by atoms with Gasteiger partial charge in [-0.15, -0.1) is 6.58 Å². The Morgan fingerprint density at radius 2 is 1.08 bits per heavy atom. The van der Waals surface area contributed by atoms with E-state index in [4.69, 9.17) is 14.2 Å². The average molecular weight is 488 g/mol. The second-order valence-electron chi connectivity index (χ2n) is 8.00. The number of hydrogen-bond acceptors (Lipinski definition) is 6. The van der Waals surface area contributed by atoms with Gasteiger partial charge in [-0.1, -0.05) is 97.1 Å². The van der Waals surface area contributed by atoms with Gasteiger partial charge in [0, 0.05) is 0 Å². The summed E-state index contributed by atoms with van der Waals surface area (Å²) in [7, 11) is 0. The normalized spacial score (nSPS) is 12.0. The lowest BCUT2D eigenvalue weighted by molar-refractivity contribution is -0.159. The molecule has 0 aliphatic rings. The number of amides is 1. The summed E-state index contributed by atoms with van der Waals surface area (Å²) in [5, 5.41) is 2.50. The van der Waals surface area contributed by atoms with Gasteiger partial charge >= 0.3 is 18.0 Å². The Balaban J connectivity index is 1.71. The topological polar surface area (TPSA) is 90.9 Å². The predicted molar refractivity (Wildman–Crippen MR) is 134 cm³/mol. The standard InChI is InChI=1S/C29H29NO6/c1-2-12-25(27(31)34-19-22-13-6-3-7-14-22)26(28(32)35-20-23-15-8-4-9-16-23)30-29(33)36-21-24-17-10-5-11-18-24/h2-11,13-18,25-26H,1,12,19-21H2,(H,30,33)/t25-,26+/m1/s1. The van der Waals surface area contributed by atoms with Crippen LogP contribution in [-0.4, -0.2) is 24.1 Å². The second kappa shape index (κ2) is 14.1. The second-order valence-corrected chi connectivity index (χ2v) is 8.00. The van der Waals surface area contributed by atoms with Crippen LogP contribution >= 0.6 is 0 Å². The highest BCUT2D eigenvalue weighted by molar-refractivity contribution is 5.88. The zero-order valence-electron chi connectivity index (χ0n) is 19.9. The van der Waals surface area contributed by atoms with Crippen molar-refractivity contribution in [3.63, 3.8) is 0 Å². The molecule has 2 atom stereocenters. The van der Waals surface area contributed by atoms with Crippen molar-refractivity contribution in [3.8, 4) is 0 Å². The molecule has 0 aromatic heterocycles. The van der Waals surface area contributed by atoms with E-state index in [9.17, 15) is 14.4 Å². The fraction of sp³-hybridized carbons (Fsp3) is 0.207. The fourth-order valence-corrected chi connectivity index (χ4v) is 3.42. The van der Waals surface area contributed by atoms with E-state index in [1.165, 1.54) is 6.08 Å². The average Bonchev–Trinajstić information content (AvgIpc) is 2.93. The summed E-state index contributed by atoms with van der Waals surface area (Å²) in [4.78, 5) is 38.7. The number of benzene rings is 3. The summed E-state index contributed by atoms with van der Waals surface area (Å²) < 4.78 is 16.2. The number of carbonyl (C=O) groups excluding carboxylic acids is 3. The Morgan fingerprint density at radius 1 is 0.667 bits per heavy atom. The monoisotopic (exact) mass is 487 g/mol. The highest BCUT2D eigenvalue weighted by atomic mass is 16.6. The fourth-order valence-electron chi connectivity index (χ4n) is 3.42. The van der Waals surface area contributed by atoms with Crippen LogP contribution in [0.5, 0.6) is 0 Å². The molecule has 0 saturated heterocycles. The Morgan fingerprint density at radius 3 is 1.53 bits per heavy atom. The van der Waals surface area contributed by atoms with E-state index in [1.807, 2.05) is 66.7 Å². The third-order valence-corrected chi connectivity index (χ3v) is 5.31. The van der Waals surface area contributed by atoms with E-state index in [2.05, 4.69) is 11.9 Å². The van der Waals surface area contributed by atoms with Crippen molar-refractivity contribution < 1.29 is 28.6 Å². The van der Waals surface area contributed by atoms with Crippen LogP contribution < -0.4 is 5.32 Å². The summed E-state index contributed by atoms with van der Waals surface area (Å²) in [6.45, 7) is 3.70. The highest BCUT2D eigenvalue weighted by Gasteiger charge is 2.37. The molecule has 1 N–H and O–H groups in total. The van der Waals surface area contributed by atoms with E-state index in [1.54, 1.807) is 24.3 Å². The minimum atomic E-state index is -1.33. The first-order valence-corrected chi connectivity index (χ1v) is 11.6. The third-order valence-electron chi connectivity index (χ3n) is 5.31. The SMILES string of the molecule is C=CC[C@@H](C(=O)OCc1ccccc1)[C@H](NC(=O)OCc1ccccc1)C(=O)OCc1ccccc1. The number of hydrogen-bond donors (Lipinski definition) is 1. The van der Waals surface area contributed by atoms with Gasteiger partial charge in [0.15, 0.2) is 0 Å². The Bertz CT molecular complexity index is 1120. The quantitative estimate of drug-likeness (QED) is 0.221. The van der Waals surface area contributed by atoms with Crippen molar-refractivity contribution in [2.75, 3.05) is 0 Å². The first kappa shape index (κ1) is 26.2. The molecule has 0 saturated carbocycles. The van der Waals surface area contributed by atoms with Gasteiger partial charge in [-0.2, -0.15) is 0 Å². The molecule has 0 unspecified atom stereocenters. The smallest absolute Gasteiger partial charge is 0.408 e. The lowest BCUT2D eigenvalue weighted by atomic mass is 9.96. The molecule has 186 valence electrons. The van der Waals surface area contributed by atoms with Gasteiger partial charge in [-0.3, -0.25) is 4.79 Å². The molecule has 7 heteroatoms. The van der Waals surface area contributed by atoms with Gasteiger partial charge in [0.05, 0.1) is 5.92 Å². The van der Waals surface area contributed by atoms with Crippen molar-refractivity contribution >= 4 is 18.0 Å². The van der Waals surface area contributed by atoms with Crippen LogP contribution in [0, 0.1) is 5.92 Å². The molecule has 0 aliphatic carbocycles. The Labute approximate surface area is 210 Å². The van der Waals surface area contributed by atoms with Gasteiger partial charge in [0.1, 0.15) is 25.9 Å². The van der Waals surface area contributed by atoms with Crippen molar-refractivity contribution in [1.82, 2.24) is 5.32 Å².